The van der Waals surface area contributed by atoms with E-state index >= 15 is 0 Å². The number of ether oxygens (including phenoxy) is 1. The lowest BCUT2D eigenvalue weighted by Gasteiger charge is -2.35. The van der Waals surface area contributed by atoms with E-state index in [0.29, 0.717) is 6.04 Å². The van der Waals surface area contributed by atoms with Crippen LogP contribution >= 0.6 is 15.9 Å². The van der Waals surface area contributed by atoms with E-state index in [1.54, 1.807) is 7.11 Å². The monoisotopic (exact) mass is 313 g/mol. The molecule has 102 valence electrons. The van der Waals surface area contributed by atoms with Gasteiger partial charge in [0, 0.05) is 10.5 Å². The molecule has 2 nitrogen and oxygen atoms in total. The Morgan fingerprint density at radius 2 is 2.00 bits per heavy atom. The molecule has 0 saturated heterocycles. The van der Waals surface area contributed by atoms with Crippen molar-refractivity contribution in [1.82, 2.24) is 5.32 Å². The van der Waals surface area contributed by atoms with Gasteiger partial charge in [-0.15, -0.1) is 0 Å². The normalized spacial score (nSPS) is 13.4. The van der Waals surface area contributed by atoms with Gasteiger partial charge in [0.15, 0.2) is 0 Å². The molecule has 1 N–H and O–H groups in total. The van der Waals surface area contributed by atoms with Gasteiger partial charge in [0.1, 0.15) is 5.75 Å². The van der Waals surface area contributed by atoms with E-state index < -0.39 is 0 Å². The van der Waals surface area contributed by atoms with E-state index in [2.05, 4.69) is 55.0 Å². The van der Waals surface area contributed by atoms with Crippen molar-refractivity contribution in [3.05, 3.63) is 28.2 Å². The van der Waals surface area contributed by atoms with Gasteiger partial charge in [-0.25, -0.2) is 0 Å². The Kier molecular flexibility index (Phi) is 5.67. The molecule has 0 bridgehead atoms. The summed E-state index contributed by atoms with van der Waals surface area (Å²) in [5.74, 6) is 0.884. The predicted octanol–water partition coefficient (Wildman–Crippen LogP) is 4.54. The van der Waals surface area contributed by atoms with Gasteiger partial charge in [-0.1, -0.05) is 49.7 Å². The van der Waals surface area contributed by atoms with Gasteiger partial charge in [0.05, 0.1) is 7.11 Å². The van der Waals surface area contributed by atoms with Crippen molar-refractivity contribution in [2.24, 2.45) is 5.41 Å². The Morgan fingerprint density at radius 1 is 1.33 bits per heavy atom. The fourth-order valence-electron chi connectivity index (χ4n) is 2.08. The molecule has 3 heteroatoms. The molecule has 1 unspecified atom stereocenters. The zero-order valence-corrected chi connectivity index (χ0v) is 13.6. The standard InChI is InChI=1S/C15H24BrNO/c1-6-15(3,4)14(17-7-2)12-9-8-11(18-5)10-13(12)16/h8-10,14,17H,6-7H2,1-5H3. The van der Waals surface area contributed by atoms with Crippen LogP contribution in [0.4, 0.5) is 0 Å². The fraction of sp³-hybridized carbons (Fsp3) is 0.600. The molecule has 0 spiro atoms. The number of nitrogens with one attached hydrogen (secondary N) is 1. The highest BCUT2D eigenvalue weighted by Crippen LogP contribution is 2.40. The number of hydrogen-bond donors (Lipinski definition) is 1. The summed E-state index contributed by atoms with van der Waals surface area (Å²) in [5.41, 5.74) is 1.51. The molecule has 0 amide bonds. The molecule has 1 aromatic rings. The molecular formula is C15H24BrNO. The Balaban J connectivity index is 3.13. The predicted molar refractivity (Wildman–Crippen MR) is 81.2 cm³/mol. The minimum absolute atomic E-state index is 0.215. The van der Waals surface area contributed by atoms with Crippen LogP contribution in [0.3, 0.4) is 0 Å². The maximum Gasteiger partial charge on any atom is 0.120 e. The molecular weight excluding hydrogens is 290 g/mol. The quantitative estimate of drug-likeness (QED) is 0.832. The number of hydrogen-bond acceptors (Lipinski definition) is 2. The lowest BCUT2D eigenvalue weighted by Crippen LogP contribution is -2.34. The second-order valence-electron chi connectivity index (χ2n) is 5.22. The molecule has 1 rings (SSSR count). The lowest BCUT2D eigenvalue weighted by molar-refractivity contribution is 0.236. The van der Waals surface area contributed by atoms with E-state index in [4.69, 9.17) is 4.74 Å². The molecule has 0 aliphatic carbocycles. The summed E-state index contributed by atoms with van der Waals surface area (Å²) in [6.45, 7) is 9.96. The second-order valence-corrected chi connectivity index (χ2v) is 6.07. The Bertz CT molecular complexity index is 390. The van der Waals surface area contributed by atoms with Gasteiger partial charge >= 0.3 is 0 Å². The van der Waals surface area contributed by atoms with Gasteiger partial charge in [0.25, 0.3) is 0 Å². The van der Waals surface area contributed by atoms with Crippen LogP contribution in [0.15, 0.2) is 22.7 Å². The highest BCUT2D eigenvalue weighted by molar-refractivity contribution is 9.10. The average Bonchev–Trinajstić information content (AvgIpc) is 2.36. The SMILES string of the molecule is CCNC(c1ccc(OC)cc1Br)C(C)(C)CC. The number of rotatable bonds is 6. The van der Waals surface area contributed by atoms with Crippen molar-refractivity contribution in [3.63, 3.8) is 0 Å². The van der Waals surface area contributed by atoms with Crippen molar-refractivity contribution in [2.45, 2.75) is 40.2 Å². The minimum atomic E-state index is 0.215. The zero-order valence-electron chi connectivity index (χ0n) is 12.0. The molecule has 0 heterocycles. The van der Waals surface area contributed by atoms with Crippen LogP contribution < -0.4 is 10.1 Å². The van der Waals surface area contributed by atoms with Gasteiger partial charge in [0.2, 0.25) is 0 Å². The Hall–Kier alpha value is -0.540. The summed E-state index contributed by atoms with van der Waals surface area (Å²) < 4.78 is 6.36. The maximum absolute atomic E-state index is 5.25. The number of methoxy groups -OCH3 is 1. The van der Waals surface area contributed by atoms with Crippen molar-refractivity contribution >= 4 is 15.9 Å². The summed E-state index contributed by atoms with van der Waals surface area (Å²) in [5, 5.41) is 3.60. The minimum Gasteiger partial charge on any atom is -0.497 e. The van der Waals surface area contributed by atoms with Crippen LogP contribution in [-0.4, -0.2) is 13.7 Å². The largest absolute Gasteiger partial charge is 0.497 e. The summed E-state index contributed by atoms with van der Waals surface area (Å²) in [6.07, 6.45) is 1.13. The van der Waals surface area contributed by atoms with Crippen LogP contribution in [0, 0.1) is 5.41 Å². The van der Waals surface area contributed by atoms with Crippen LogP contribution in [-0.2, 0) is 0 Å². The van der Waals surface area contributed by atoms with Crippen LogP contribution in [0.2, 0.25) is 0 Å². The number of halogens is 1. The second kappa shape index (κ2) is 6.58. The van der Waals surface area contributed by atoms with Crippen LogP contribution in [0.1, 0.15) is 45.7 Å². The van der Waals surface area contributed by atoms with E-state index in [-0.39, 0.29) is 5.41 Å². The third-order valence-corrected chi connectivity index (χ3v) is 4.31. The molecule has 0 radical (unpaired) electrons. The van der Waals surface area contributed by atoms with E-state index in [9.17, 15) is 0 Å². The van der Waals surface area contributed by atoms with Crippen molar-refractivity contribution in [3.8, 4) is 5.75 Å². The van der Waals surface area contributed by atoms with Crippen molar-refractivity contribution < 1.29 is 4.74 Å². The molecule has 0 aromatic heterocycles. The molecule has 0 aliphatic rings. The van der Waals surface area contributed by atoms with Crippen molar-refractivity contribution in [1.29, 1.82) is 0 Å². The lowest BCUT2D eigenvalue weighted by atomic mass is 9.78. The first-order valence-corrected chi connectivity index (χ1v) is 7.32. The summed E-state index contributed by atoms with van der Waals surface area (Å²) in [6, 6.07) is 6.54. The summed E-state index contributed by atoms with van der Waals surface area (Å²) >= 11 is 3.66. The molecule has 1 atom stereocenters. The molecule has 1 aromatic carbocycles. The molecule has 0 fully saturated rings. The van der Waals surface area contributed by atoms with Gasteiger partial charge < -0.3 is 10.1 Å². The van der Waals surface area contributed by atoms with Crippen LogP contribution in [0.25, 0.3) is 0 Å². The van der Waals surface area contributed by atoms with E-state index in [1.807, 2.05) is 12.1 Å². The third kappa shape index (κ3) is 3.48. The number of benzene rings is 1. The first kappa shape index (κ1) is 15.5. The highest BCUT2D eigenvalue weighted by Gasteiger charge is 2.29. The van der Waals surface area contributed by atoms with Gasteiger partial charge in [-0.05, 0) is 36.1 Å². The van der Waals surface area contributed by atoms with E-state index in [0.717, 1.165) is 23.2 Å². The molecule has 0 saturated carbocycles. The summed E-state index contributed by atoms with van der Waals surface area (Å²) in [4.78, 5) is 0. The van der Waals surface area contributed by atoms with Crippen LogP contribution in [0.5, 0.6) is 5.75 Å². The Morgan fingerprint density at radius 3 is 2.44 bits per heavy atom. The highest BCUT2D eigenvalue weighted by atomic mass is 79.9. The van der Waals surface area contributed by atoms with Gasteiger partial charge in [-0.3, -0.25) is 0 Å². The maximum atomic E-state index is 5.25. The zero-order chi connectivity index (χ0) is 13.8. The summed E-state index contributed by atoms with van der Waals surface area (Å²) in [7, 11) is 1.69. The topological polar surface area (TPSA) is 21.3 Å². The van der Waals surface area contributed by atoms with Gasteiger partial charge in [-0.2, -0.15) is 0 Å². The molecule has 18 heavy (non-hydrogen) atoms. The smallest absolute Gasteiger partial charge is 0.120 e. The first-order chi connectivity index (χ1) is 8.46. The first-order valence-electron chi connectivity index (χ1n) is 6.53. The third-order valence-electron chi connectivity index (χ3n) is 3.62. The average molecular weight is 314 g/mol. The van der Waals surface area contributed by atoms with E-state index in [1.165, 1.54) is 5.56 Å². The molecule has 0 aliphatic heterocycles. The fourth-order valence-corrected chi connectivity index (χ4v) is 2.67. The van der Waals surface area contributed by atoms with Crippen molar-refractivity contribution in [2.75, 3.05) is 13.7 Å². The Labute approximate surface area is 119 Å².